The summed E-state index contributed by atoms with van der Waals surface area (Å²) in [7, 11) is 1.29. The fourth-order valence-electron chi connectivity index (χ4n) is 1.24. The van der Waals surface area contributed by atoms with E-state index in [1.54, 1.807) is 6.92 Å². The fraction of sp³-hybridized carbons (Fsp3) is 0.333. The molecule has 1 aromatic carbocycles. The molecule has 0 aromatic heterocycles. The molecule has 0 amide bonds. The van der Waals surface area contributed by atoms with Crippen molar-refractivity contribution in [3.8, 4) is 5.75 Å². The zero-order valence-electron chi connectivity index (χ0n) is 9.66. The molecule has 4 nitrogen and oxygen atoms in total. The van der Waals surface area contributed by atoms with Crippen molar-refractivity contribution in [2.75, 3.05) is 7.11 Å². The lowest BCUT2D eigenvalue weighted by Gasteiger charge is -2.06. The van der Waals surface area contributed by atoms with Gasteiger partial charge in [-0.2, -0.15) is 0 Å². The Kier molecular flexibility index (Phi) is 4.63. The van der Waals surface area contributed by atoms with Crippen LogP contribution in [0.5, 0.6) is 5.75 Å². The summed E-state index contributed by atoms with van der Waals surface area (Å²) >= 11 is 0. The minimum atomic E-state index is -1.00. The highest BCUT2D eigenvalue weighted by Crippen LogP contribution is 2.20. The predicted octanol–water partition coefficient (Wildman–Crippen LogP) is 2.32. The molecule has 0 atom stereocenters. The third-order valence-electron chi connectivity index (χ3n) is 2.06. The summed E-state index contributed by atoms with van der Waals surface area (Å²) in [6, 6.07) is 4.06. The van der Waals surface area contributed by atoms with Crippen LogP contribution in [0.4, 0.5) is 4.39 Å². The summed E-state index contributed by atoms with van der Waals surface area (Å²) < 4.78 is 22.8. The highest BCUT2D eigenvalue weighted by molar-refractivity contribution is 5.97. The number of benzene rings is 1. The van der Waals surface area contributed by atoms with E-state index in [-0.39, 0.29) is 17.7 Å². The second kappa shape index (κ2) is 5.98. The number of rotatable bonds is 4. The Labute approximate surface area is 98.3 Å². The summed E-state index contributed by atoms with van der Waals surface area (Å²) in [6.07, 6.45) is 0.685. The second-order valence-corrected chi connectivity index (χ2v) is 3.33. The average Bonchev–Trinajstić information content (AvgIpc) is 2.29. The van der Waals surface area contributed by atoms with Crippen molar-refractivity contribution in [1.82, 2.24) is 0 Å². The smallest absolute Gasteiger partial charge is 0.348 e. The number of esters is 2. The zero-order chi connectivity index (χ0) is 12.8. The van der Waals surface area contributed by atoms with Crippen LogP contribution < -0.4 is 4.74 Å². The summed E-state index contributed by atoms with van der Waals surface area (Å²) in [6.45, 7) is 1.78. The third kappa shape index (κ3) is 3.27. The van der Waals surface area contributed by atoms with Crippen molar-refractivity contribution >= 4 is 11.9 Å². The Bertz CT molecular complexity index is 429. The maximum Gasteiger partial charge on any atom is 0.348 e. The number of carbonyl (C=O) groups is 2. The summed E-state index contributed by atoms with van der Waals surface area (Å²) in [4.78, 5) is 22.6. The minimum absolute atomic E-state index is 0.0672. The van der Waals surface area contributed by atoms with Crippen molar-refractivity contribution in [2.45, 2.75) is 19.8 Å². The Morgan fingerprint density at radius 3 is 2.65 bits per heavy atom. The number of hydrogen-bond donors (Lipinski definition) is 0. The lowest BCUT2D eigenvalue weighted by Crippen LogP contribution is -2.13. The molecule has 17 heavy (non-hydrogen) atoms. The first-order valence-corrected chi connectivity index (χ1v) is 5.17. The van der Waals surface area contributed by atoms with E-state index < -0.39 is 17.8 Å². The van der Waals surface area contributed by atoms with Gasteiger partial charge in [0.05, 0.1) is 12.7 Å². The van der Waals surface area contributed by atoms with Crippen LogP contribution in [0.1, 0.15) is 30.1 Å². The van der Waals surface area contributed by atoms with Gasteiger partial charge in [0.25, 0.3) is 0 Å². The SMILES string of the molecule is CCCC(=O)OC(=O)c1cccc(OC)c1F. The Morgan fingerprint density at radius 2 is 2.06 bits per heavy atom. The van der Waals surface area contributed by atoms with Crippen molar-refractivity contribution in [3.63, 3.8) is 0 Å². The van der Waals surface area contributed by atoms with E-state index in [0.29, 0.717) is 6.42 Å². The summed E-state index contributed by atoms with van der Waals surface area (Å²) in [5.74, 6) is -2.56. The molecular formula is C12H13FO4. The third-order valence-corrected chi connectivity index (χ3v) is 2.06. The fourth-order valence-corrected chi connectivity index (χ4v) is 1.24. The van der Waals surface area contributed by atoms with Gasteiger partial charge in [0.2, 0.25) is 0 Å². The number of halogens is 1. The van der Waals surface area contributed by atoms with Crippen LogP contribution in [0, 0.1) is 5.82 Å². The van der Waals surface area contributed by atoms with Crippen molar-refractivity contribution in [1.29, 1.82) is 0 Å². The van der Waals surface area contributed by atoms with Gasteiger partial charge in [0.15, 0.2) is 11.6 Å². The van der Waals surface area contributed by atoms with E-state index >= 15 is 0 Å². The molecule has 0 bridgehead atoms. The first-order chi connectivity index (χ1) is 8.10. The summed E-state index contributed by atoms with van der Waals surface area (Å²) in [5.41, 5.74) is -0.311. The monoisotopic (exact) mass is 240 g/mol. The minimum Gasteiger partial charge on any atom is -0.494 e. The van der Waals surface area contributed by atoms with Crippen LogP contribution in [-0.2, 0) is 9.53 Å². The lowest BCUT2D eigenvalue weighted by molar-refractivity contribution is -0.138. The second-order valence-electron chi connectivity index (χ2n) is 3.33. The summed E-state index contributed by atoms with van der Waals surface area (Å²) in [5, 5.41) is 0. The van der Waals surface area contributed by atoms with Crippen molar-refractivity contribution < 1.29 is 23.5 Å². The topological polar surface area (TPSA) is 52.6 Å². The molecule has 0 aliphatic rings. The molecule has 1 rings (SSSR count). The van der Waals surface area contributed by atoms with Crippen LogP contribution >= 0.6 is 0 Å². The quantitative estimate of drug-likeness (QED) is 0.598. The largest absolute Gasteiger partial charge is 0.494 e. The number of hydrogen-bond acceptors (Lipinski definition) is 4. The Hall–Kier alpha value is -1.91. The molecule has 0 heterocycles. The van der Waals surface area contributed by atoms with Gasteiger partial charge in [-0.1, -0.05) is 13.0 Å². The number of carbonyl (C=O) groups excluding carboxylic acids is 2. The van der Waals surface area contributed by atoms with Gasteiger partial charge in [0, 0.05) is 6.42 Å². The van der Waals surface area contributed by atoms with Gasteiger partial charge in [-0.25, -0.2) is 9.18 Å². The van der Waals surface area contributed by atoms with Crippen LogP contribution in [0.2, 0.25) is 0 Å². The van der Waals surface area contributed by atoms with Gasteiger partial charge in [-0.05, 0) is 18.6 Å². The van der Waals surface area contributed by atoms with E-state index in [9.17, 15) is 14.0 Å². The zero-order valence-corrected chi connectivity index (χ0v) is 9.66. The van der Waals surface area contributed by atoms with Crippen molar-refractivity contribution in [2.24, 2.45) is 0 Å². The van der Waals surface area contributed by atoms with Gasteiger partial charge in [-0.15, -0.1) is 0 Å². The Balaban J connectivity index is 2.86. The molecule has 0 unspecified atom stereocenters. The van der Waals surface area contributed by atoms with E-state index in [4.69, 9.17) is 4.74 Å². The Morgan fingerprint density at radius 1 is 1.35 bits per heavy atom. The highest BCUT2D eigenvalue weighted by atomic mass is 19.1. The maximum absolute atomic E-state index is 13.6. The highest BCUT2D eigenvalue weighted by Gasteiger charge is 2.19. The van der Waals surface area contributed by atoms with E-state index in [1.165, 1.54) is 25.3 Å². The molecule has 0 radical (unpaired) electrons. The molecule has 0 saturated heterocycles. The van der Waals surface area contributed by atoms with Gasteiger partial charge >= 0.3 is 11.9 Å². The first kappa shape index (κ1) is 13.2. The van der Waals surface area contributed by atoms with Crippen LogP contribution in [0.15, 0.2) is 18.2 Å². The molecule has 0 spiro atoms. The van der Waals surface area contributed by atoms with Gasteiger partial charge in [0.1, 0.15) is 0 Å². The van der Waals surface area contributed by atoms with Gasteiger partial charge < -0.3 is 9.47 Å². The standard InChI is InChI=1S/C12H13FO4/c1-3-5-10(14)17-12(15)8-6-4-7-9(16-2)11(8)13/h4,6-7H,3,5H2,1-2H3. The molecule has 1 aromatic rings. The van der Waals surface area contributed by atoms with Crippen LogP contribution in [0.25, 0.3) is 0 Å². The van der Waals surface area contributed by atoms with Gasteiger partial charge in [-0.3, -0.25) is 4.79 Å². The molecular weight excluding hydrogens is 227 g/mol. The average molecular weight is 240 g/mol. The molecule has 0 fully saturated rings. The normalized spacial score (nSPS) is 9.82. The molecule has 0 saturated carbocycles. The molecule has 92 valence electrons. The van der Waals surface area contributed by atoms with E-state index in [2.05, 4.69) is 4.74 Å². The number of methoxy groups -OCH3 is 1. The van der Waals surface area contributed by atoms with Crippen LogP contribution in [0.3, 0.4) is 0 Å². The molecule has 0 N–H and O–H groups in total. The van der Waals surface area contributed by atoms with Crippen LogP contribution in [-0.4, -0.2) is 19.0 Å². The number of ether oxygens (including phenoxy) is 2. The predicted molar refractivity (Wildman–Crippen MR) is 58.3 cm³/mol. The lowest BCUT2D eigenvalue weighted by atomic mass is 10.2. The molecule has 5 heteroatoms. The molecule has 0 aliphatic carbocycles. The first-order valence-electron chi connectivity index (χ1n) is 5.17. The maximum atomic E-state index is 13.6. The van der Waals surface area contributed by atoms with E-state index in [0.717, 1.165) is 0 Å². The molecule has 0 aliphatic heterocycles. The van der Waals surface area contributed by atoms with E-state index in [1.807, 2.05) is 0 Å². The van der Waals surface area contributed by atoms with Crippen molar-refractivity contribution in [3.05, 3.63) is 29.6 Å².